The molecule has 0 saturated heterocycles. The molecule has 2 aromatic rings. The maximum atomic E-state index is 5.73. The van der Waals surface area contributed by atoms with Crippen LogP contribution in [0.5, 0.6) is 0 Å². The Bertz CT molecular complexity index is 580. The highest BCUT2D eigenvalue weighted by Crippen LogP contribution is 2.17. The summed E-state index contributed by atoms with van der Waals surface area (Å²) in [5.41, 5.74) is 5.73. The first-order valence-corrected chi connectivity index (χ1v) is 7.22. The predicted octanol–water partition coefficient (Wildman–Crippen LogP) is 1.57. The molecule has 2 N–H and O–H groups in total. The van der Waals surface area contributed by atoms with Crippen molar-refractivity contribution in [3.8, 4) is 0 Å². The summed E-state index contributed by atoms with van der Waals surface area (Å²) in [6.07, 6.45) is 0.970. The van der Waals surface area contributed by atoms with Crippen molar-refractivity contribution in [1.29, 1.82) is 0 Å². The minimum absolute atomic E-state index is 0.248. The summed E-state index contributed by atoms with van der Waals surface area (Å²) >= 11 is 1.82. The van der Waals surface area contributed by atoms with Crippen molar-refractivity contribution in [2.45, 2.75) is 13.3 Å². The second-order valence-electron chi connectivity index (χ2n) is 4.87. The summed E-state index contributed by atoms with van der Waals surface area (Å²) in [6, 6.07) is 4.31. The SMILES string of the molecule is Cc1ccc(CCN(C)c2nc(N)nc(N(C)C)n2)s1. The van der Waals surface area contributed by atoms with E-state index in [-0.39, 0.29) is 5.95 Å². The summed E-state index contributed by atoms with van der Waals surface area (Å²) in [6.45, 7) is 2.96. The van der Waals surface area contributed by atoms with Gasteiger partial charge in [-0.15, -0.1) is 11.3 Å². The van der Waals surface area contributed by atoms with E-state index in [1.807, 2.05) is 42.3 Å². The fourth-order valence-electron chi connectivity index (χ4n) is 1.74. The van der Waals surface area contributed by atoms with Gasteiger partial charge >= 0.3 is 0 Å². The molecule has 108 valence electrons. The Kier molecular flexibility index (Phi) is 4.39. The van der Waals surface area contributed by atoms with Crippen LogP contribution in [0.3, 0.4) is 0 Å². The Hall–Kier alpha value is -1.89. The highest BCUT2D eigenvalue weighted by molar-refractivity contribution is 7.11. The minimum Gasteiger partial charge on any atom is -0.368 e. The molecule has 2 heterocycles. The van der Waals surface area contributed by atoms with Crippen LogP contribution >= 0.6 is 11.3 Å². The molecule has 2 rings (SSSR count). The van der Waals surface area contributed by atoms with Crippen LogP contribution in [0.2, 0.25) is 0 Å². The van der Waals surface area contributed by atoms with Gasteiger partial charge in [0.25, 0.3) is 0 Å². The molecule has 0 unspecified atom stereocenters. The van der Waals surface area contributed by atoms with E-state index in [1.54, 1.807) is 0 Å². The first-order chi connectivity index (χ1) is 9.45. The molecule has 0 aliphatic rings. The van der Waals surface area contributed by atoms with Gasteiger partial charge in [-0.3, -0.25) is 0 Å². The summed E-state index contributed by atoms with van der Waals surface area (Å²) in [4.78, 5) is 19.2. The van der Waals surface area contributed by atoms with Gasteiger partial charge in [-0.1, -0.05) is 0 Å². The van der Waals surface area contributed by atoms with Crippen LogP contribution < -0.4 is 15.5 Å². The van der Waals surface area contributed by atoms with E-state index < -0.39 is 0 Å². The predicted molar refractivity (Wildman–Crippen MR) is 84.6 cm³/mol. The zero-order valence-corrected chi connectivity index (χ0v) is 13.1. The number of hydrogen-bond donors (Lipinski definition) is 1. The van der Waals surface area contributed by atoms with E-state index in [9.17, 15) is 0 Å². The second kappa shape index (κ2) is 6.04. The molecule has 0 radical (unpaired) electrons. The van der Waals surface area contributed by atoms with Gasteiger partial charge in [-0.2, -0.15) is 15.0 Å². The van der Waals surface area contributed by atoms with Crippen molar-refractivity contribution >= 4 is 29.2 Å². The molecule has 0 aliphatic carbocycles. The zero-order valence-electron chi connectivity index (χ0n) is 12.3. The number of nitrogens with zero attached hydrogens (tertiary/aromatic N) is 5. The van der Waals surface area contributed by atoms with Gasteiger partial charge in [-0.25, -0.2) is 0 Å². The standard InChI is InChI=1S/C13H20N6S/c1-9-5-6-10(20-9)7-8-19(4)13-16-11(14)15-12(17-13)18(2)3/h5-6H,7-8H2,1-4H3,(H2,14,15,16,17). The van der Waals surface area contributed by atoms with Crippen molar-refractivity contribution in [3.63, 3.8) is 0 Å². The quantitative estimate of drug-likeness (QED) is 0.902. The van der Waals surface area contributed by atoms with Crippen LogP contribution in [0.4, 0.5) is 17.8 Å². The smallest absolute Gasteiger partial charge is 0.231 e. The fourth-order valence-corrected chi connectivity index (χ4v) is 2.62. The summed E-state index contributed by atoms with van der Waals surface area (Å²) in [5, 5.41) is 0. The molecule has 0 bridgehead atoms. The number of thiophene rings is 1. The number of nitrogen functional groups attached to an aromatic ring is 1. The monoisotopic (exact) mass is 292 g/mol. The van der Waals surface area contributed by atoms with E-state index in [0.717, 1.165) is 13.0 Å². The Labute approximate surface area is 123 Å². The molecule has 0 atom stereocenters. The topological polar surface area (TPSA) is 71.2 Å². The van der Waals surface area contributed by atoms with Gasteiger partial charge in [0.1, 0.15) is 0 Å². The molecule has 0 spiro atoms. The largest absolute Gasteiger partial charge is 0.368 e. The van der Waals surface area contributed by atoms with Gasteiger partial charge in [0, 0.05) is 37.4 Å². The van der Waals surface area contributed by atoms with E-state index in [2.05, 4.69) is 34.0 Å². The lowest BCUT2D eigenvalue weighted by molar-refractivity contribution is 0.831. The maximum Gasteiger partial charge on any atom is 0.231 e. The Morgan fingerprint density at radius 1 is 1.10 bits per heavy atom. The highest BCUT2D eigenvalue weighted by atomic mass is 32.1. The Balaban J connectivity index is 2.06. The van der Waals surface area contributed by atoms with Gasteiger partial charge < -0.3 is 15.5 Å². The van der Waals surface area contributed by atoms with E-state index in [4.69, 9.17) is 5.73 Å². The number of hydrogen-bond acceptors (Lipinski definition) is 7. The number of rotatable bonds is 5. The van der Waals surface area contributed by atoms with Gasteiger partial charge in [-0.05, 0) is 25.5 Å². The third kappa shape index (κ3) is 3.57. The van der Waals surface area contributed by atoms with Crippen LogP contribution in [0.1, 0.15) is 9.75 Å². The van der Waals surface area contributed by atoms with Crippen molar-refractivity contribution in [1.82, 2.24) is 15.0 Å². The fraction of sp³-hybridized carbons (Fsp3) is 0.462. The third-order valence-corrected chi connectivity index (χ3v) is 3.92. The maximum absolute atomic E-state index is 5.73. The Morgan fingerprint density at radius 2 is 1.80 bits per heavy atom. The number of anilines is 3. The lowest BCUT2D eigenvalue weighted by Gasteiger charge is -2.18. The second-order valence-corrected chi connectivity index (χ2v) is 6.24. The highest BCUT2D eigenvalue weighted by Gasteiger charge is 2.10. The molecule has 6 nitrogen and oxygen atoms in total. The molecule has 0 saturated carbocycles. The molecule has 7 heteroatoms. The molecule has 0 fully saturated rings. The summed E-state index contributed by atoms with van der Waals surface area (Å²) in [7, 11) is 5.73. The molecular formula is C13H20N6S. The van der Waals surface area contributed by atoms with E-state index >= 15 is 0 Å². The van der Waals surface area contributed by atoms with Crippen molar-refractivity contribution in [2.75, 3.05) is 43.2 Å². The molecule has 2 aromatic heterocycles. The van der Waals surface area contributed by atoms with Crippen LogP contribution in [0.15, 0.2) is 12.1 Å². The lowest BCUT2D eigenvalue weighted by Crippen LogP contribution is -2.25. The van der Waals surface area contributed by atoms with Crippen LogP contribution in [0, 0.1) is 6.92 Å². The van der Waals surface area contributed by atoms with Crippen LogP contribution in [0.25, 0.3) is 0 Å². The normalized spacial score (nSPS) is 10.6. The van der Waals surface area contributed by atoms with E-state index in [1.165, 1.54) is 9.75 Å². The average molecular weight is 292 g/mol. The number of likely N-dealkylation sites (N-methyl/N-ethyl adjacent to an activating group) is 1. The van der Waals surface area contributed by atoms with Gasteiger partial charge in [0.15, 0.2) is 0 Å². The van der Waals surface area contributed by atoms with E-state index in [0.29, 0.717) is 11.9 Å². The minimum atomic E-state index is 0.248. The van der Waals surface area contributed by atoms with Gasteiger partial charge in [0.05, 0.1) is 0 Å². The molecular weight excluding hydrogens is 272 g/mol. The van der Waals surface area contributed by atoms with Crippen molar-refractivity contribution in [3.05, 3.63) is 21.9 Å². The molecule has 0 amide bonds. The molecule has 20 heavy (non-hydrogen) atoms. The van der Waals surface area contributed by atoms with Gasteiger partial charge in [0.2, 0.25) is 17.8 Å². The first-order valence-electron chi connectivity index (χ1n) is 6.41. The molecule has 0 aromatic carbocycles. The first kappa shape index (κ1) is 14.5. The third-order valence-electron chi connectivity index (χ3n) is 2.86. The van der Waals surface area contributed by atoms with Crippen molar-refractivity contribution in [2.24, 2.45) is 0 Å². The summed E-state index contributed by atoms with van der Waals surface area (Å²) < 4.78 is 0. The van der Waals surface area contributed by atoms with Crippen LogP contribution in [-0.4, -0.2) is 42.6 Å². The lowest BCUT2D eigenvalue weighted by atomic mass is 10.3. The summed E-state index contributed by atoms with van der Waals surface area (Å²) in [5.74, 6) is 1.43. The molecule has 0 aliphatic heterocycles. The van der Waals surface area contributed by atoms with Crippen LogP contribution in [-0.2, 0) is 6.42 Å². The zero-order chi connectivity index (χ0) is 14.7. The Morgan fingerprint density at radius 3 is 2.40 bits per heavy atom. The average Bonchev–Trinajstić information content (AvgIpc) is 2.81. The van der Waals surface area contributed by atoms with Crippen molar-refractivity contribution < 1.29 is 0 Å². The number of aromatic nitrogens is 3. The number of nitrogens with two attached hydrogens (primary N) is 1. The number of aryl methyl sites for hydroxylation is 1.